The van der Waals surface area contributed by atoms with E-state index in [-0.39, 0.29) is 24.0 Å². The highest BCUT2D eigenvalue weighted by atomic mass is 127. The normalized spacial score (nSPS) is 11.0. The van der Waals surface area contributed by atoms with Crippen molar-refractivity contribution in [2.75, 3.05) is 13.6 Å². The first kappa shape index (κ1) is 18.4. The molecular weight excluding hydrogens is 465 g/mol. The largest absolute Gasteiger partial charge is 0.356 e. The van der Waals surface area contributed by atoms with Gasteiger partial charge in [0, 0.05) is 47.3 Å². The zero-order valence-corrected chi connectivity index (χ0v) is 16.5. The van der Waals surface area contributed by atoms with E-state index in [1.165, 1.54) is 4.88 Å². The van der Waals surface area contributed by atoms with Crippen molar-refractivity contribution in [1.82, 2.24) is 20.4 Å². The monoisotopic (exact) mass is 483 g/mol. The van der Waals surface area contributed by atoms with Crippen molar-refractivity contribution in [3.63, 3.8) is 0 Å². The van der Waals surface area contributed by atoms with Gasteiger partial charge < -0.3 is 10.6 Å². The van der Waals surface area contributed by atoms with Crippen LogP contribution >= 0.6 is 51.2 Å². The Kier molecular flexibility index (Phi) is 8.93. The number of nitrogens with zero attached hydrogens (tertiary/aromatic N) is 3. The zero-order chi connectivity index (χ0) is 14.2. The van der Waals surface area contributed by atoms with Crippen LogP contribution in [0, 0.1) is 0 Å². The summed E-state index contributed by atoms with van der Waals surface area (Å²) in [5.41, 5.74) is 0. The predicted octanol–water partition coefficient (Wildman–Crippen LogP) is 3.08. The minimum absolute atomic E-state index is 0. The van der Waals surface area contributed by atoms with E-state index in [2.05, 4.69) is 48.1 Å². The Morgan fingerprint density at radius 2 is 2.33 bits per heavy atom. The van der Waals surface area contributed by atoms with Crippen molar-refractivity contribution in [2.24, 2.45) is 4.99 Å². The van der Waals surface area contributed by atoms with Crippen LogP contribution in [-0.2, 0) is 13.1 Å². The maximum atomic E-state index is 4.21. The van der Waals surface area contributed by atoms with E-state index in [0.29, 0.717) is 0 Å². The second-order valence-corrected chi connectivity index (χ2v) is 6.12. The molecule has 2 N–H and O–H groups in total. The number of aryl methyl sites for hydroxylation is 1. The molecule has 0 aliphatic rings. The molecule has 0 unspecified atom stereocenters. The number of guanidine groups is 1. The first-order valence-electron chi connectivity index (χ1n) is 6.43. The van der Waals surface area contributed by atoms with Gasteiger partial charge in [-0.25, -0.2) is 0 Å². The highest BCUT2D eigenvalue weighted by Crippen LogP contribution is 2.19. The first-order valence-corrected chi connectivity index (χ1v) is 8.10. The molecule has 0 fully saturated rings. The smallest absolute Gasteiger partial charge is 0.191 e. The van der Waals surface area contributed by atoms with Gasteiger partial charge in [0.15, 0.2) is 5.96 Å². The third-order valence-corrected chi connectivity index (χ3v) is 4.39. The molecule has 8 heteroatoms. The van der Waals surface area contributed by atoms with Crippen molar-refractivity contribution >= 4 is 57.2 Å². The zero-order valence-electron chi connectivity index (χ0n) is 11.8. The number of hydrogen-bond donors (Lipinski definition) is 2. The summed E-state index contributed by atoms with van der Waals surface area (Å²) in [7, 11) is 1.78. The number of nitrogens with one attached hydrogen (secondary N) is 2. The van der Waals surface area contributed by atoms with Gasteiger partial charge in [0.2, 0.25) is 0 Å². The molecule has 0 saturated carbocycles. The van der Waals surface area contributed by atoms with E-state index >= 15 is 0 Å². The second-order valence-electron chi connectivity index (χ2n) is 4.21. The molecule has 0 bridgehead atoms. The maximum Gasteiger partial charge on any atom is 0.191 e. The highest BCUT2D eigenvalue weighted by Gasteiger charge is 2.00. The van der Waals surface area contributed by atoms with Crippen LogP contribution in [0.4, 0.5) is 0 Å². The summed E-state index contributed by atoms with van der Waals surface area (Å²) < 4.78 is 3.06. The summed E-state index contributed by atoms with van der Waals surface area (Å²) >= 11 is 5.18. The van der Waals surface area contributed by atoms with Crippen LogP contribution in [-0.4, -0.2) is 29.3 Å². The molecule has 0 aliphatic heterocycles. The fourth-order valence-electron chi connectivity index (χ4n) is 1.72. The van der Waals surface area contributed by atoms with Crippen LogP contribution in [0.1, 0.15) is 11.3 Å². The van der Waals surface area contributed by atoms with Crippen LogP contribution in [0.2, 0.25) is 0 Å². The molecule has 21 heavy (non-hydrogen) atoms. The molecule has 2 aromatic rings. The van der Waals surface area contributed by atoms with E-state index in [1.54, 1.807) is 24.6 Å². The first-order chi connectivity index (χ1) is 9.78. The standard InChI is InChI=1S/C13H18BrN5S.HI/c1-15-13(17-9-12-8-11(14)10-20-12)16-4-2-6-19-7-3-5-18-19;/h3,5,7-8,10H,2,4,6,9H2,1H3,(H2,15,16,17);1H. The Balaban J connectivity index is 0.00000220. The summed E-state index contributed by atoms with van der Waals surface area (Å²) in [6.07, 6.45) is 4.78. The third kappa shape index (κ3) is 6.79. The summed E-state index contributed by atoms with van der Waals surface area (Å²) in [5.74, 6) is 0.829. The fourth-order valence-corrected chi connectivity index (χ4v) is 3.11. The molecule has 0 radical (unpaired) electrons. The lowest BCUT2D eigenvalue weighted by Crippen LogP contribution is -2.37. The molecule has 116 valence electrons. The number of hydrogen-bond acceptors (Lipinski definition) is 3. The van der Waals surface area contributed by atoms with Gasteiger partial charge in [-0.15, -0.1) is 35.3 Å². The molecule has 0 amide bonds. The quantitative estimate of drug-likeness (QED) is 0.287. The van der Waals surface area contributed by atoms with E-state index < -0.39 is 0 Å². The molecule has 0 atom stereocenters. The fraction of sp³-hybridized carbons (Fsp3) is 0.385. The van der Waals surface area contributed by atoms with Crippen molar-refractivity contribution < 1.29 is 0 Å². The SMILES string of the molecule is CN=C(NCCCn1cccn1)NCc1cc(Br)cs1.I. The summed E-state index contributed by atoms with van der Waals surface area (Å²) in [4.78, 5) is 5.48. The van der Waals surface area contributed by atoms with Crippen LogP contribution in [0.25, 0.3) is 0 Å². The van der Waals surface area contributed by atoms with Crippen molar-refractivity contribution in [3.8, 4) is 0 Å². The van der Waals surface area contributed by atoms with Gasteiger partial charge in [-0.3, -0.25) is 9.67 Å². The van der Waals surface area contributed by atoms with E-state index in [9.17, 15) is 0 Å². The topological polar surface area (TPSA) is 54.2 Å². The number of thiophene rings is 1. The lowest BCUT2D eigenvalue weighted by atomic mass is 10.4. The van der Waals surface area contributed by atoms with Gasteiger partial charge in [-0.2, -0.15) is 5.10 Å². The predicted molar refractivity (Wildman–Crippen MR) is 102 cm³/mol. The molecule has 2 heterocycles. The molecule has 0 saturated heterocycles. The Hall–Kier alpha value is -0.610. The number of aromatic nitrogens is 2. The third-order valence-electron chi connectivity index (χ3n) is 2.69. The minimum atomic E-state index is 0. The van der Waals surface area contributed by atoms with Crippen molar-refractivity contribution in [3.05, 3.63) is 39.3 Å². The van der Waals surface area contributed by atoms with Crippen molar-refractivity contribution in [2.45, 2.75) is 19.5 Å². The van der Waals surface area contributed by atoms with Gasteiger partial charge >= 0.3 is 0 Å². The van der Waals surface area contributed by atoms with Crippen LogP contribution in [0.3, 0.4) is 0 Å². The molecule has 0 aliphatic carbocycles. The Morgan fingerprint density at radius 1 is 1.48 bits per heavy atom. The van der Waals surface area contributed by atoms with E-state index in [0.717, 1.165) is 36.5 Å². The van der Waals surface area contributed by atoms with Crippen LogP contribution in [0.15, 0.2) is 39.4 Å². The molecule has 2 aromatic heterocycles. The lowest BCUT2D eigenvalue weighted by molar-refractivity contribution is 0.570. The Labute approximate surface area is 154 Å². The summed E-state index contributed by atoms with van der Waals surface area (Å²) in [6, 6.07) is 4.05. The van der Waals surface area contributed by atoms with E-state index in [1.807, 2.05) is 16.9 Å². The summed E-state index contributed by atoms with van der Waals surface area (Å²) in [6.45, 7) is 2.57. The van der Waals surface area contributed by atoms with Gasteiger partial charge in [0.25, 0.3) is 0 Å². The number of halogens is 2. The number of rotatable bonds is 6. The number of aliphatic imine (C=N–C) groups is 1. The van der Waals surface area contributed by atoms with Gasteiger partial charge in [-0.05, 0) is 34.5 Å². The van der Waals surface area contributed by atoms with Gasteiger partial charge in [-0.1, -0.05) is 0 Å². The van der Waals surface area contributed by atoms with Crippen molar-refractivity contribution in [1.29, 1.82) is 0 Å². The highest BCUT2D eigenvalue weighted by molar-refractivity contribution is 14.0. The van der Waals surface area contributed by atoms with Crippen LogP contribution in [0.5, 0.6) is 0 Å². The molecule has 0 spiro atoms. The molecule has 5 nitrogen and oxygen atoms in total. The lowest BCUT2D eigenvalue weighted by Gasteiger charge is -2.11. The average molecular weight is 484 g/mol. The van der Waals surface area contributed by atoms with Gasteiger partial charge in [0.05, 0.1) is 6.54 Å². The second kappa shape index (κ2) is 10.2. The molecular formula is C13H19BrIN5S. The average Bonchev–Trinajstić information content (AvgIpc) is 3.09. The van der Waals surface area contributed by atoms with Gasteiger partial charge in [0.1, 0.15) is 0 Å². The Morgan fingerprint density at radius 3 is 2.95 bits per heavy atom. The molecule has 0 aromatic carbocycles. The Bertz CT molecular complexity index is 541. The maximum absolute atomic E-state index is 4.21. The summed E-state index contributed by atoms with van der Waals surface area (Å²) in [5, 5.41) is 12.9. The van der Waals surface area contributed by atoms with E-state index in [4.69, 9.17) is 0 Å². The molecule has 2 rings (SSSR count). The minimum Gasteiger partial charge on any atom is -0.356 e. The van der Waals surface area contributed by atoms with Crippen LogP contribution < -0.4 is 10.6 Å².